The first-order valence-electron chi connectivity index (χ1n) is 6.83. The number of phenolic OH excluding ortho intramolecular Hbond substituents is 2. The average molecular weight is 265 g/mol. The summed E-state index contributed by atoms with van der Waals surface area (Å²) >= 11 is 0. The number of carbonyl (C=O) groups excluding carboxylic acids is 1. The summed E-state index contributed by atoms with van der Waals surface area (Å²) in [5.74, 6) is 0.265. The van der Waals surface area contributed by atoms with Crippen LogP contribution in [0, 0.1) is 0 Å². The minimum atomic E-state index is 0.0470. The van der Waals surface area contributed by atoms with E-state index in [0.717, 1.165) is 24.9 Å². The van der Waals surface area contributed by atoms with Crippen LogP contribution in [-0.2, 0) is 4.79 Å². The summed E-state index contributed by atoms with van der Waals surface area (Å²) in [6.45, 7) is 4.78. The van der Waals surface area contributed by atoms with Gasteiger partial charge in [0.05, 0.1) is 0 Å². The van der Waals surface area contributed by atoms with Gasteiger partial charge in [-0.25, -0.2) is 0 Å². The zero-order valence-electron chi connectivity index (χ0n) is 11.6. The monoisotopic (exact) mass is 265 g/mol. The van der Waals surface area contributed by atoms with E-state index in [1.807, 2.05) is 6.92 Å². The fraction of sp³-hybridized carbons (Fsp3) is 0.533. The second-order valence-electron chi connectivity index (χ2n) is 4.89. The second-order valence-corrected chi connectivity index (χ2v) is 4.89. The van der Waals surface area contributed by atoms with E-state index in [1.54, 1.807) is 12.1 Å². The molecule has 1 rings (SSSR count). The number of nitrogens with one attached hydrogen (secondary N) is 1. The maximum absolute atomic E-state index is 11.6. The highest BCUT2D eigenvalue weighted by Crippen LogP contribution is 2.31. The molecule has 0 aliphatic heterocycles. The van der Waals surface area contributed by atoms with Crippen molar-refractivity contribution in [1.29, 1.82) is 0 Å². The summed E-state index contributed by atoms with van der Waals surface area (Å²) in [4.78, 5) is 11.6. The van der Waals surface area contributed by atoms with Gasteiger partial charge in [0, 0.05) is 19.0 Å². The van der Waals surface area contributed by atoms with Crippen LogP contribution in [0.1, 0.15) is 51.0 Å². The molecule has 1 amide bonds. The van der Waals surface area contributed by atoms with Crippen molar-refractivity contribution in [1.82, 2.24) is 5.32 Å². The van der Waals surface area contributed by atoms with Gasteiger partial charge in [0.2, 0.25) is 5.91 Å². The third-order valence-corrected chi connectivity index (χ3v) is 3.20. The summed E-state index contributed by atoms with van der Waals surface area (Å²) in [7, 11) is 0. The van der Waals surface area contributed by atoms with Gasteiger partial charge < -0.3 is 15.5 Å². The van der Waals surface area contributed by atoms with Crippen LogP contribution in [0.5, 0.6) is 11.5 Å². The van der Waals surface area contributed by atoms with Crippen LogP contribution in [0.3, 0.4) is 0 Å². The summed E-state index contributed by atoms with van der Waals surface area (Å²) in [6, 6.07) is 4.57. The van der Waals surface area contributed by atoms with Crippen molar-refractivity contribution >= 4 is 5.91 Å². The Hall–Kier alpha value is -1.71. The molecule has 0 aromatic heterocycles. The molecule has 1 unspecified atom stereocenters. The van der Waals surface area contributed by atoms with Gasteiger partial charge in [-0.15, -0.1) is 0 Å². The van der Waals surface area contributed by atoms with Crippen molar-refractivity contribution < 1.29 is 15.0 Å². The molecule has 1 aromatic rings. The minimum Gasteiger partial charge on any atom is -0.508 e. The SMILES string of the molecule is CCCCNC(=O)CCC(C)c1ccc(O)cc1O. The Morgan fingerprint density at radius 1 is 1.37 bits per heavy atom. The Morgan fingerprint density at radius 3 is 2.74 bits per heavy atom. The van der Waals surface area contributed by atoms with Crippen LogP contribution >= 0.6 is 0 Å². The lowest BCUT2D eigenvalue weighted by atomic mass is 9.95. The van der Waals surface area contributed by atoms with E-state index in [2.05, 4.69) is 12.2 Å². The van der Waals surface area contributed by atoms with E-state index in [-0.39, 0.29) is 23.3 Å². The number of aromatic hydroxyl groups is 2. The largest absolute Gasteiger partial charge is 0.508 e. The lowest BCUT2D eigenvalue weighted by molar-refractivity contribution is -0.121. The molecule has 4 nitrogen and oxygen atoms in total. The van der Waals surface area contributed by atoms with Gasteiger partial charge in [0.25, 0.3) is 0 Å². The molecular weight excluding hydrogens is 242 g/mol. The van der Waals surface area contributed by atoms with Gasteiger partial charge in [-0.05, 0) is 30.4 Å². The fourth-order valence-electron chi connectivity index (χ4n) is 1.94. The molecule has 19 heavy (non-hydrogen) atoms. The summed E-state index contributed by atoms with van der Waals surface area (Å²) < 4.78 is 0. The zero-order chi connectivity index (χ0) is 14.3. The average Bonchev–Trinajstić information content (AvgIpc) is 2.36. The standard InChI is InChI=1S/C15H23NO3/c1-3-4-9-16-15(19)8-5-11(2)13-7-6-12(17)10-14(13)18/h6-7,10-11,17-18H,3-5,8-9H2,1-2H3,(H,16,19). The third kappa shape index (κ3) is 5.20. The molecule has 1 atom stereocenters. The van der Waals surface area contributed by atoms with E-state index in [4.69, 9.17) is 0 Å². The number of unbranched alkanes of at least 4 members (excludes halogenated alkanes) is 1. The van der Waals surface area contributed by atoms with Crippen LogP contribution in [0.25, 0.3) is 0 Å². The summed E-state index contributed by atoms with van der Waals surface area (Å²) in [5, 5.41) is 21.8. The maximum Gasteiger partial charge on any atom is 0.220 e. The Bertz CT molecular complexity index is 418. The van der Waals surface area contributed by atoms with Crippen LogP contribution in [-0.4, -0.2) is 22.7 Å². The number of amides is 1. The molecule has 0 fully saturated rings. The third-order valence-electron chi connectivity index (χ3n) is 3.20. The number of benzene rings is 1. The van der Waals surface area contributed by atoms with Gasteiger partial charge in [-0.1, -0.05) is 26.3 Å². The van der Waals surface area contributed by atoms with Crippen molar-refractivity contribution in [2.75, 3.05) is 6.54 Å². The van der Waals surface area contributed by atoms with E-state index >= 15 is 0 Å². The van der Waals surface area contributed by atoms with Crippen LogP contribution in [0.4, 0.5) is 0 Å². The van der Waals surface area contributed by atoms with E-state index < -0.39 is 0 Å². The molecule has 0 aliphatic carbocycles. The molecule has 0 saturated carbocycles. The number of carbonyl (C=O) groups is 1. The number of phenols is 2. The molecule has 0 radical (unpaired) electrons. The first-order chi connectivity index (χ1) is 9.04. The van der Waals surface area contributed by atoms with Crippen molar-refractivity contribution in [2.45, 2.75) is 45.4 Å². The van der Waals surface area contributed by atoms with Gasteiger partial charge in [0.1, 0.15) is 11.5 Å². The van der Waals surface area contributed by atoms with Gasteiger partial charge in [-0.2, -0.15) is 0 Å². The smallest absolute Gasteiger partial charge is 0.220 e. The summed E-state index contributed by atoms with van der Waals surface area (Å²) in [6.07, 6.45) is 3.19. The molecule has 1 aromatic carbocycles. The molecular formula is C15H23NO3. The van der Waals surface area contributed by atoms with Gasteiger partial charge in [0.15, 0.2) is 0 Å². The van der Waals surface area contributed by atoms with Crippen LogP contribution < -0.4 is 5.32 Å². The first-order valence-corrected chi connectivity index (χ1v) is 6.83. The topological polar surface area (TPSA) is 69.6 Å². The highest BCUT2D eigenvalue weighted by atomic mass is 16.3. The molecule has 0 aliphatic rings. The molecule has 0 heterocycles. The number of rotatable bonds is 7. The Kier molecular flexibility index (Phi) is 6.19. The van der Waals surface area contributed by atoms with Gasteiger partial charge >= 0.3 is 0 Å². The zero-order valence-corrected chi connectivity index (χ0v) is 11.6. The van der Waals surface area contributed by atoms with E-state index in [1.165, 1.54) is 6.07 Å². The van der Waals surface area contributed by atoms with E-state index in [9.17, 15) is 15.0 Å². The number of hydrogen-bond acceptors (Lipinski definition) is 3. The van der Waals surface area contributed by atoms with Crippen molar-refractivity contribution in [3.8, 4) is 11.5 Å². The van der Waals surface area contributed by atoms with Crippen molar-refractivity contribution in [3.63, 3.8) is 0 Å². The van der Waals surface area contributed by atoms with Crippen molar-refractivity contribution in [3.05, 3.63) is 23.8 Å². The predicted octanol–water partition coefficient (Wildman–Crippen LogP) is 2.90. The Labute approximate surface area is 114 Å². The Morgan fingerprint density at radius 2 is 2.11 bits per heavy atom. The van der Waals surface area contributed by atoms with Crippen LogP contribution in [0.15, 0.2) is 18.2 Å². The lowest BCUT2D eigenvalue weighted by Gasteiger charge is -2.13. The van der Waals surface area contributed by atoms with Crippen molar-refractivity contribution in [2.24, 2.45) is 0 Å². The fourth-order valence-corrected chi connectivity index (χ4v) is 1.94. The maximum atomic E-state index is 11.6. The Balaban J connectivity index is 2.42. The highest BCUT2D eigenvalue weighted by molar-refractivity contribution is 5.75. The summed E-state index contributed by atoms with van der Waals surface area (Å²) in [5.41, 5.74) is 0.763. The van der Waals surface area contributed by atoms with Gasteiger partial charge in [-0.3, -0.25) is 4.79 Å². The predicted molar refractivity (Wildman–Crippen MR) is 75.3 cm³/mol. The molecule has 106 valence electrons. The van der Waals surface area contributed by atoms with Crippen LogP contribution in [0.2, 0.25) is 0 Å². The molecule has 0 saturated heterocycles. The normalized spacial score (nSPS) is 12.1. The first kappa shape index (κ1) is 15.3. The van der Waals surface area contributed by atoms with E-state index in [0.29, 0.717) is 12.8 Å². The lowest BCUT2D eigenvalue weighted by Crippen LogP contribution is -2.24. The number of hydrogen-bond donors (Lipinski definition) is 3. The highest BCUT2D eigenvalue weighted by Gasteiger charge is 2.12. The second kappa shape index (κ2) is 7.67. The molecule has 3 N–H and O–H groups in total. The minimum absolute atomic E-state index is 0.0470. The molecule has 4 heteroatoms. The quantitative estimate of drug-likeness (QED) is 0.664. The molecule has 0 bridgehead atoms. The molecule has 0 spiro atoms.